The summed E-state index contributed by atoms with van der Waals surface area (Å²) >= 11 is 0. The maximum absolute atomic E-state index is 10.3. The van der Waals surface area contributed by atoms with E-state index in [0.717, 1.165) is 25.2 Å². The van der Waals surface area contributed by atoms with Crippen LogP contribution in [-0.4, -0.2) is 11.6 Å². The molecule has 74 valence electrons. The fourth-order valence-electron chi connectivity index (χ4n) is 2.58. The first-order valence-electron chi connectivity index (χ1n) is 5.30. The Morgan fingerprint density at radius 2 is 2.07 bits per heavy atom. The van der Waals surface area contributed by atoms with Crippen molar-refractivity contribution in [1.82, 2.24) is 0 Å². The molecule has 2 unspecified atom stereocenters. The number of hydrogen-bond donors (Lipinski definition) is 0. The predicted molar refractivity (Wildman–Crippen MR) is 51.1 cm³/mol. The lowest BCUT2D eigenvalue weighted by Crippen LogP contribution is -2.32. The second kappa shape index (κ2) is 3.55. The van der Waals surface area contributed by atoms with Crippen LogP contribution in [0.3, 0.4) is 0 Å². The van der Waals surface area contributed by atoms with Crippen molar-refractivity contribution in [1.29, 1.82) is 5.26 Å². The summed E-state index contributed by atoms with van der Waals surface area (Å²) in [6.45, 7) is 0. The fourth-order valence-corrected chi connectivity index (χ4v) is 2.58. The van der Waals surface area contributed by atoms with Gasteiger partial charge in [0.25, 0.3) is 0 Å². The Morgan fingerprint density at radius 1 is 1.29 bits per heavy atom. The van der Waals surface area contributed by atoms with Gasteiger partial charge in [-0.1, -0.05) is 0 Å². The fraction of sp³-hybridized carbons (Fsp3) is 0.818. The first kappa shape index (κ1) is 9.43. The summed E-state index contributed by atoms with van der Waals surface area (Å²) in [6.07, 6.45) is 7.92. The van der Waals surface area contributed by atoms with Crippen LogP contribution in [0, 0.1) is 23.2 Å². The molecule has 0 radical (unpaired) electrons. The summed E-state index contributed by atoms with van der Waals surface area (Å²) in [5.41, 5.74) is -0.729. The van der Waals surface area contributed by atoms with E-state index >= 15 is 0 Å². The van der Waals surface area contributed by atoms with Gasteiger partial charge in [-0.2, -0.15) is 10.3 Å². The topological polar surface area (TPSA) is 53.2 Å². The molecule has 0 bridgehead atoms. The predicted octanol–water partition coefficient (Wildman–Crippen LogP) is 2.18. The Labute approximate surface area is 83.8 Å². The van der Waals surface area contributed by atoms with Crippen molar-refractivity contribution in [2.24, 2.45) is 16.8 Å². The van der Waals surface area contributed by atoms with E-state index < -0.39 is 5.54 Å². The van der Waals surface area contributed by atoms with Crippen LogP contribution >= 0.6 is 0 Å². The van der Waals surface area contributed by atoms with Gasteiger partial charge in [0.15, 0.2) is 5.54 Å². The molecule has 0 aromatic carbocycles. The second-order valence-corrected chi connectivity index (χ2v) is 4.54. The molecule has 2 rings (SSSR count). The van der Waals surface area contributed by atoms with E-state index in [2.05, 4.69) is 11.1 Å². The van der Waals surface area contributed by atoms with E-state index in [1.807, 2.05) is 0 Å². The summed E-state index contributed by atoms with van der Waals surface area (Å²) in [6, 6.07) is 2.20. The van der Waals surface area contributed by atoms with Crippen molar-refractivity contribution >= 4 is 6.08 Å². The molecule has 0 aromatic rings. The highest BCUT2D eigenvalue weighted by molar-refractivity contribution is 5.37. The van der Waals surface area contributed by atoms with Gasteiger partial charge in [-0.05, 0) is 50.4 Å². The first-order chi connectivity index (χ1) is 6.79. The molecule has 2 atom stereocenters. The zero-order valence-electron chi connectivity index (χ0n) is 8.20. The summed E-state index contributed by atoms with van der Waals surface area (Å²) in [5, 5.41) is 9.07. The molecular weight excluding hydrogens is 176 g/mol. The highest BCUT2D eigenvalue weighted by atomic mass is 16.1. The lowest BCUT2D eigenvalue weighted by molar-refractivity contribution is 0.250. The molecule has 2 aliphatic carbocycles. The summed E-state index contributed by atoms with van der Waals surface area (Å²) in [7, 11) is 0. The quantitative estimate of drug-likeness (QED) is 0.495. The van der Waals surface area contributed by atoms with Crippen LogP contribution in [0.1, 0.15) is 38.5 Å². The van der Waals surface area contributed by atoms with Gasteiger partial charge < -0.3 is 0 Å². The SMILES string of the molecule is N#CC1(N=C=O)CCCC(C2CC2)C1. The van der Waals surface area contributed by atoms with Crippen molar-refractivity contribution < 1.29 is 4.79 Å². The molecule has 14 heavy (non-hydrogen) atoms. The van der Waals surface area contributed by atoms with E-state index in [0.29, 0.717) is 5.92 Å². The smallest absolute Gasteiger partial charge is 0.211 e. The van der Waals surface area contributed by atoms with Gasteiger partial charge in [-0.15, -0.1) is 0 Å². The van der Waals surface area contributed by atoms with Crippen molar-refractivity contribution in [3.05, 3.63) is 0 Å². The lowest BCUT2D eigenvalue weighted by Gasteiger charge is -2.31. The molecule has 0 heterocycles. The summed E-state index contributed by atoms with van der Waals surface area (Å²) in [4.78, 5) is 14.0. The van der Waals surface area contributed by atoms with Crippen molar-refractivity contribution in [2.75, 3.05) is 0 Å². The third-order valence-electron chi connectivity index (χ3n) is 3.52. The van der Waals surface area contributed by atoms with Gasteiger partial charge in [0.1, 0.15) is 0 Å². The van der Waals surface area contributed by atoms with Gasteiger partial charge in [0, 0.05) is 0 Å². The molecule has 2 aliphatic rings. The number of carbonyl (C=O) groups excluding carboxylic acids is 1. The molecule has 0 amide bonds. The van der Waals surface area contributed by atoms with Gasteiger partial charge in [-0.3, -0.25) is 0 Å². The second-order valence-electron chi connectivity index (χ2n) is 4.54. The van der Waals surface area contributed by atoms with Crippen molar-refractivity contribution in [3.63, 3.8) is 0 Å². The zero-order chi connectivity index (χ0) is 10.0. The average Bonchev–Trinajstić information content (AvgIpc) is 3.02. The van der Waals surface area contributed by atoms with Crippen LogP contribution in [0.2, 0.25) is 0 Å². The van der Waals surface area contributed by atoms with Gasteiger partial charge in [-0.25, -0.2) is 4.79 Å². The molecule has 0 N–H and O–H groups in total. The number of rotatable bonds is 2. The van der Waals surface area contributed by atoms with Crippen LogP contribution in [0.15, 0.2) is 4.99 Å². The average molecular weight is 190 g/mol. The van der Waals surface area contributed by atoms with Gasteiger partial charge in [0.2, 0.25) is 6.08 Å². The Hall–Kier alpha value is -1.13. The Balaban J connectivity index is 2.10. The number of aliphatic imine (C=N–C) groups is 1. The molecule has 3 heteroatoms. The Bertz CT molecular complexity index is 310. The Morgan fingerprint density at radius 3 is 2.64 bits per heavy atom. The van der Waals surface area contributed by atoms with Crippen LogP contribution < -0.4 is 0 Å². The number of hydrogen-bond acceptors (Lipinski definition) is 3. The molecule has 0 aromatic heterocycles. The van der Waals surface area contributed by atoms with Crippen molar-refractivity contribution in [2.45, 2.75) is 44.1 Å². The minimum absolute atomic E-state index is 0.625. The van der Waals surface area contributed by atoms with Gasteiger partial charge in [0.05, 0.1) is 6.07 Å². The molecule has 0 aliphatic heterocycles. The molecule has 0 spiro atoms. The maximum atomic E-state index is 10.3. The van der Waals surface area contributed by atoms with Crippen LogP contribution in [0.25, 0.3) is 0 Å². The van der Waals surface area contributed by atoms with Crippen LogP contribution in [-0.2, 0) is 4.79 Å². The summed E-state index contributed by atoms with van der Waals surface area (Å²) < 4.78 is 0. The van der Waals surface area contributed by atoms with E-state index in [1.165, 1.54) is 19.3 Å². The first-order valence-corrected chi connectivity index (χ1v) is 5.30. The van der Waals surface area contributed by atoms with E-state index in [1.54, 1.807) is 6.08 Å². The molecular formula is C11H14N2O. The largest absolute Gasteiger partial charge is 0.236 e. The van der Waals surface area contributed by atoms with Crippen LogP contribution in [0.5, 0.6) is 0 Å². The standard InChI is InChI=1S/C11H14N2O/c12-7-11(13-8-14)5-1-2-10(6-11)9-3-4-9/h9-10H,1-6H2. The monoisotopic (exact) mass is 190 g/mol. The maximum Gasteiger partial charge on any atom is 0.236 e. The van der Waals surface area contributed by atoms with Crippen molar-refractivity contribution in [3.8, 4) is 6.07 Å². The number of nitriles is 1. The van der Waals surface area contributed by atoms with Crippen LogP contribution in [0.4, 0.5) is 0 Å². The van der Waals surface area contributed by atoms with Gasteiger partial charge >= 0.3 is 0 Å². The summed E-state index contributed by atoms with van der Waals surface area (Å²) in [5.74, 6) is 1.44. The molecule has 3 nitrogen and oxygen atoms in total. The lowest BCUT2D eigenvalue weighted by atomic mass is 9.75. The minimum Gasteiger partial charge on any atom is -0.211 e. The normalized spacial score (nSPS) is 36.9. The Kier molecular flexibility index (Phi) is 2.39. The van der Waals surface area contributed by atoms with E-state index in [4.69, 9.17) is 5.26 Å². The molecule has 0 saturated heterocycles. The zero-order valence-corrected chi connectivity index (χ0v) is 8.20. The highest BCUT2D eigenvalue weighted by Crippen LogP contribution is 2.47. The van der Waals surface area contributed by atoms with E-state index in [9.17, 15) is 4.79 Å². The third-order valence-corrected chi connectivity index (χ3v) is 3.52. The van der Waals surface area contributed by atoms with E-state index in [-0.39, 0.29) is 0 Å². The molecule has 2 fully saturated rings. The third kappa shape index (κ3) is 1.71. The minimum atomic E-state index is -0.729. The number of nitrogens with zero attached hydrogens (tertiary/aromatic N) is 2. The highest BCUT2D eigenvalue weighted by Gasteiger charge is 2.42. The number of isocyanates is 1. The molecule has 2 saturated carbocycles.